The summed E-state index contributed by atoms with van der Waals surface area (Å²) in [5.74, 6) is 6.06. The Morgan fingerprint density at radius 1 is 1.13 bits per heavy atom. The van der Waals surface area contributed by atoms with Crippen molar-refractivity contribution in [3.8, 4) is 11.8 Å². The number of hydrogen-bond donors (Lipinski definition) is 1. The van der Waals surface area contributed by atoms with Crippen LogP contribution in [0.5, 0.6) is 0 Å². The summed E-state index contributed by atoms with van der Waals surface area (Å²) in [7, 11) is 2.11. The van der Waals surface area contributed by atoms with E-state index in [1.807, 2.05) is 19.9 Å². The molecule has 0 aliphatic carbocycles. The quantitative estimate of drug-likeness (QED) is 0.848. The molecule has 2 rings (SSSR count). The first-order valence-corrected chi connectivity index (χ1v) is 7.95. The lowest BCUT2D eigenvalue weighted by molar-refractivity contribution is 0.207. The summed E-state index contributed by atoms with van der Waals surface area (Å²) in [5.41, 5.74) is 1.01. The molecule has 1 N–H and O–H groups in total. The van der Waals surface area contributed by atoms with Gasteiger partial charge in [0, 0.05) is 18.5 Å². The molecule has 0 radical (unpaired) electrons. The van der Waals surface area contributed by atoms with Crippen LogP contribution in [0.15, 0.2) is 54.6 Å². The first-order chi connectivity index (χ1) is 11.0. The number of aliphatic hydroxyl groups is 1. The summed E-state index contributed by atoms with van der Waals surface area (Å²) in [6.45, 7) is 5.69. The molecule has 0 saturated carbocycles. The highest BCUT2D eigenvalue weighted by atomic mass is 16.3. The maximum atomic E-state index is 9.15. The predicted molar refractivity (Wildman–Crippen MR) is 98.1 cm³/mol. The van der Waals surface area contributed by atoms with Crippen LogP contribution in [0.3, 0.4) is 0 Å². The maximum absolute atomic E-state index is 9.15. The van der Waals surface area contributed by atoms with E-state index in [0.717, 1.165) is 13.1 Å². The van der Waals surface area contributed by atoms with E-state index in [1.54, 1.807) is 0 Å². The zero-order valence-corrected chi connectivity index (χ0v) is 14.2. The van der Waals surface area contributed by atoms with Gasteiger partial charge in [-0.05, 0) is 43.3 Å². The van der Waals surface area contributed by atoms with Crippen molar-refractivity contribution in [3.63, 3.8) is 0 Å². The zero-order chi connectivity index (χ0) is 16.7. The molecule has 0 aromatic heterocycles. The second kappa shape index (κ2) is 7.97. The minimum Gasteiger partial charge on any atom is -0.395 e. The molecule has 0 fully saturated rings. The molecule has 0 bridgehead atoms. The largest absolute Gasteiger partial charge is 0.395 e. The number of nitrogens with zero attached hydrogens (tertiary/aromatic N) is 1. The van der Waals surface area contributed by atoms with E-state index in [2.05, 4.69) is 72.3 Å². The van der Waals surface area contributed by atoms with E-state index < -0.39 is 0 Å². The number of hydrogen-bond acceptors (Lipinski definition) is 2. The smallest absolute Gasteiger partial charge is 0.0591 e. The van der Waals surface area contributed by atoms with Gasteiger partial charge in [0.15, 0.2) is 0 Å². The Labute approximate surface area is 139 Å². The first kappa shape index (κ1) is 17.3. The molecule has 0 spiro atoms. The second-order valence-corrected chi connectivity index (χ2v) is 6.55. The van der Waals surface area contributed by atoms with Gasteiger partial charge < -0.3 is 5.11 Å². The number of rotatable bonds is 5. The number of benzene rings is 2. The van der Waals surface area contributed by atoms with Crippen LogP contribution in [0.2, 0.25) is 0 Å². The Hall–Kier alpha value is -2.08. The van der Waals surface area contributed by atoms with Crippen molar-refractivity contribution in [2.75, 3.05) is 20.2 Å². The van der Waals surface area contributed by atoms with Crippen LogP contribution in [0, 0.1) is 17.3 Å². The van der Waals surface area contributed by atoms with Crippen LogP contribution in [-0.2, 0) is 6.54 Å². The SMILES string of the molecule is CN(C/C=C/C#CC(C)(C)CO)Cc1cccc2ccccc12. The van der Waals surface area contributed by atoms with Gasteiger partial charge in [0.1, 0.15) is 0 Å². The van der Waals surface area contributed by atoms with Crippen molar-refractivity contribution in [3.05, 3.63) is 60.2 Å². The van der Waals surface area contributed by atoms with Crippen LogP contribution in [0.1, 0.15) is 19.4 Å². The van der Waals surface area contributed by atoms with E-state index in [1.165, 1.54) is 16.3 Å². The van der Waals surface area contributed by atoms with Gasteiger partial charge in [-0.15, -0.1) is 0 Å². The minimum absolute atomic E-state index is 0.0782. The standard InChI is InChI=1S/C21H25NO/c1-21(2,17-23)14-7-4-8-15-22(3)16-19-12-9-11-18-10-5-6-13-20(18)19/h4-6,8-13,23H,15-17H2,1-3H3/b8-4+. The van der Waals surface area contributed by atoms with Crippen molar-refractivity contribution in [1.29, 1.82) is 0 Å². The van der Waals surface area contributed by atoms with Crippen molar-refractivity contribution < 1.29 is 5.11 Å². The Kier molecular flexibility index (Phi) is 5.98. The second-order valence-electron chi connectivity index (χ2n) is 6.55. The molecular formula is C21H25NO. The average molecular weight is 307 g/mol. The van der Waals surface area contributed by atoms with Gasteiger partial charge in [-0.1, -0.05) is 60.4 Å². The van der Waals surface area contributed by atoms with Crippen molar-refractivity contribution in [2.45, 2.75) is 20.4 Å². The maximum Gasteiger partial charge on any atom is 0.0591 e. The van der Waals surface area contributed by atoms with Crippen LogP contribution >= 0.6 is 0 Å². The van der Waals surface area contributed by atoms with Crippen LogP contribution in [0.4, 0.5) is 0 Å². The molecule has 0 unspecified atom stereocenters. The Morgan fingerprint density at radius 3 is 2.65 bits per heavy atom. The van der Waals surface area contributed by atoms with Gasteiger partial charge in [-0.25, -0.2) is 0 Å². The van der Waals surface area contributed by atoms with Crippen LogP contribution in [0.25, 0.3) is 10.8 Å². The van der Waals surface area contributed by atoms with E-state index in [9.17, 15) is 0 Å². The molecular weight excluding hydrogens is 282 g/mol. The van der Waals surface area contributed by atoms with Gasteiger partial charge in [0.25, 0.3) is 0 Å². The Morgan fingerprint density at radius 2 is 1.87 bits per heavy atom. The monoisotopic (exact) mass is 307 g/mol. The van der Waals surface area contributed by atoms with E-state index in [-0.39, 0.29) is 12.0 Å². The van der Waals surface area contributed by atoms with Gasteiger partial charge in [0.05, 0.1) is 6.61 Å². The molecule has 2 aromatic carbocycles. The number of allylic oxidation sites excluding steroid dienone is 1. The highest BCUT2D eigenvalue weighted by Crippen LogP contribution is 2.19. The van der Waals surface area contributed by atoms with Gasteiger partial charge in [0.2, 0.25) is 0 Å². The molecule has 0 heterocycles. The fourth-order valence-electron chi connectivity index (χ4n) is 2.35. The predicted octanol–water partition coefficient (Wildman–Crippen LogP) is 3.85. The van der Waals surface area contributed by atoms with Crippen LogP contribution < -0.4 is 0 Å². The summed E-state index contributed by atoms with van der Waals surface area (Å²) in [4.78, 5) is 2.26. The van der Waals surface area contributed by atoms with E-state index >= 15 is 0 Å². The number of aliphatic hydroxyl groups excluding tert-OH is 1. The molecule has 120 valence electrons. The molecule has 0 amide bonds. The fraction of sp³-hybridized carbons (Fsp3) is 0.333. The summed E-state index contributed by atoms with van der Waals surface area (Å²) in [6, 6.07) is 14.9. The molecule has 0 saturated heterocycles. The molecule has 0 aliphatic heterocycles. The average Bonchev–Trinajstić information content (AvgIpc) is 2.55. The Bertz CT molecular complexity index is 729. The summed E-state index contributed by atoms with van der Waals surface area (Å²) in [5, 5.41) is 11.8. The summed E-state index contributed by atoms with van der Waals surface area (Å²) >= 11 is 0. The van der Waals surface area contributed by atoms with Crippen molar-refractivity contribution >= 4 is 10.8 Å². The van der Waals surface area contributed by atoms with Crippen molar-refractivity contribution in [2.24, 2.45) is 5.41 Å². The van der Waals surface area contributed by atoms with E-state index in [4.69, 9.17) is 5.11 Å². The topological polar surface area (TPSA) is 23.5 Å². The molecule has 0 aliphatic rings. The molecule has 2 nitrogen and oxygen atoms in total. The third-order valence-electron chi connectivity index (χ3n) is 3.74. The zero-order valence-electron chi connectivity index (χ0n) is 14.2. The van der Waals surface area contributed by atoms with Gasteiger partial charge in [-0.2, -0.15) is 0 Å². The molecule has 23 heavy (non-hydrogen) atoms. The molecule has 0 atom stereocenters. The third-order valence-corrected chi connectivity index (χ3v) is 3.74. The van der Waals surface area contributed by atoms with Crippen molar-refractivity contribution in [1.82, 2.24) is 4.90 Å². The first-order valence-electron chi connectivity index (χ1n) is 7.95. The lowest BCUT2D eigenvalue weighted by atomic mass is 9.96. The lowest BCUT2D eigenvalue weighted by Crippen LogP contribution is -2.17. The normalized spacial score (nSPS) is 11.9. The summed E-state index contributed by atoms with van der Waals surface area (Å²) in [6.07, 6.45) is 3.93. The fourth-order valence-corrected chi connectivity index (χ4v) is 2.35. The van der Waals surface area contributed by atoms with Gasteiger partial charge in [-0.3, -0.25) is 4.90 Å². The van der Waals surface area contributed by atoms with Crippen LogP contribution in [-0.4, -0.2) is 30.2 Å². The molecule has 2 aromatic rings. The highest BCUT2D eigenvalue weighted by molar-refractivity contribution is 5.85. The van der Waals surface area contributed by atoms with Gasteiger partial charge >= 0.3 is 0 Å². The summed E-state index contributed by atoms with van der Waals surface area (Å²) < 4.78 is 0. The minimum atomic E-state index is -0.334. The number of fused-ring (bicyclic) bond motifs is 1. The lowest BCUT2D eigenvalue weighted by Gasteiger charge is -2.16. The highest BCUT2D eigenvalue weighted by Gasteiger charge is 2.10. The van der Waals surface area contributed by atoms with E-state index in [0.29, 0.717) is 0 Å². The number of likely N-dealkylation sites (N-methyl/N-ethyl adjacent to an activating group) is 1. The third kappa shape index (κ3) is 5.25. The molecule has 2 heteroatoms. The Balaban J connectivity index is 1.96.